The summed E-state index contributed by atoms with van der Waals surface area (Å²) in [6.45, 7) is 5.13. The second-order valence-electron chi connectivity index (χ2n) is 5.20. The fraction of sp³-hybridized carbons (Fsp3) is 0.643. The van der Waals surface area contributed by atoms with Crippen LogP contribution in [0.1, 0.15) is 38.8 Å². The molecule has 0 bridgehead atoms. The second kappa shape index (κ2) is 5.50. The topological polar surface area (TPSA) is 48.1 Å². The Hall–Kier alpha value is -1.09. The van der Waals surface area contributed by atoms with Crippen molar-refractivity contribution in [1.29, 1.82) is 0 Å². The quantitative estimate of drug-likeness (QED) is 0.874. The van der Waals surface area contributed by atoms with E-state index in [9.17, 15) is 0 Å². The van der Waals surface area contributed by atoms with Crippen LogP contribution in [-0.2, 0) is 6.54 Å². The first kappa shape index (κ1) is 12.4. The van der Waals surface area contributed by atoms with Crippen LogP contribution in [0, 0.1) is 11.8 Å². The van der Waals surface area contributed by atoms with Crippen LogP contribution in [0.25, 0.3) is 0 Å². The van der Waals surface area contributed by atoms with Gasteiger partial charge in [-0.15, -0.1) is 0 Å². The third-order valence-corrected chi connectivity index (χ3v) is 3.86. The highest BCUT2D eigenvalue weighted by atomic mass is 16.5. The molecule has 3 atom stereocenters. The van der Waals surface area contributed by atoms with E-state index in [1.54, 1.807) is 6.20 Å². The molecule has 94 valence electrons. The summed E-state index contributed by atoms with van der Waals surface area (Å²) < 4.78 is 5.97. The summed E-state index contributed by atoms with van der Waals surface area (Å²) in [6.07, 6.45) is 5.71. The zero-order valence-electron chi connectivity index (χ0n) is 10.7. The standard InChI is InChI=1S/C14H22N2O/c1-10-3-5-13(7-11(10)2)17-14-6-4-12(8-15)16-9-14/h4,6,9-11,13H,3,5,7-8,15H2,1-2H3. The molecule has 1 aliphatic carbocycles. The van der Waals surface area contributed by atoms with Gasteiger partial charge in [-0.2, -0.15) is 0 Å². The molecule has 2 rings (SSSR count). The van der Waals surface area contributed by atoms with Crippen LogP contribution >= 0.6 is 0 Å². The highest BCUT2D eigenvalue weighted by Crippen LogP contribution is 2.31. The molecule has 1 aliphatic rings. The van der Waals surface area contributed by atoms with Gasteiger partial charge >= 0.3 is 0 Å². The first-order chi connectivity index (χ1) is 8.19. The maximum atomic E-state index is 5.97. The Balaban J connectivity index is 1.92. The molecule has 0 saturated heterocycles. The van der Waals surface area contributed by atoms with Crippen LogP contribution in [0.2, 0.25) is 0 Å². The molecule has 0 aliphatic heterocycles. The summed E-state index contributed by atoms with van der Waals surface area (Å²) >= 11 is 0. The van der Waals surface area contributed by atoms with Crippen molar-refractivity contribution >= 4 is 0 Å². The van der Waals surface area contributed by atoms with E-state index in [4.69, 9.17) is 10.5 Å². The molecule has 3 heteroatoms. The first-order valence-electron chi connectivity index (χ1n) is 6.50. The molecule has 1 fully saturated rings. The lowest BCUT2D eigenvalue weighted by molar-refractivity contribution is 0.100. The Kier molecular flexibility index (Phi) is 4.00. The Morgan fingerprint density at radius 3 is 2.71 bits per heavy atom. The first-order valence-corrected chi connectivity index (χ1v) is 6.50. The van der Waals surface area contributed by atoms with E-state index in [1.807, 2.05) is 12.1 Å². The number of hydrogen-bond acceptors (Lipinski definition) is 3. The lowest BCUT2D eigenvalue weighted by Gasteiger charge is -2.32. The van der Waals surface area contributed by atoms with E-state index in [0.29, 0.717) is 12.6 Å². The average molecular weight is 234 g/mol. The molecular formula is C14H22N2O. The van der Waals surface area contributed by atoms with E-state index in [-0.39, 0.29) is 0 Å². The van der Waals surface area contributed by atoms with Gasteiger partial charge in [0.15, 0.2) is 0 Å². The van der Waals surface area contributed by atoms with E-state index < -0.39 is 0 Å². The van der Waals surface area contributed by atoms with Crippen molar-refractivity contribution in [3.05, 3.63) is 24.0 Å². The summed E-state index contributed by atoms with van der Waals surface area (Å²) in [7, 11) is 0. The fourth-order valence-corrected chi connectivity index (χ4v) is 2.40. The smallest absolute Gasteiger partial charge is 0.138 e. The molecule has 0 aromatic carbocycles. The SMILES string of the molecule is CC1CCC(Oc2ccc(CN)nc2)CC1C. The van der Waals surface area contributed by atoms with Crippen LogP contribution in [0.15, 0.2) is 18.3 Å². The number of pyridine rings is 1. The van der Waals surface area contributed by atoms with E-state index in [2.05, 4.69) is 18.8 Å². The number of nitrogens with two attached hydrogens (primary N) is 1. The molecule has 0 spiro atoms. The summed E-state index contributed by atoms with van der Waals surface area (Å²) in [5.41, 5.74) is 6.42. The van der Waals surface area contributed by atoms with Crippen molar-refractivity contribution in [3.8, 4) is 5.75 Å². The lowest BCUT2D eigenvalue weighted by atomic mass is 9.80. The van der Waals surface area contributed by atoms with Crippen molar-refractivity contribution < 1.29 is 4.74 Å². The molecule has 1 aromatic heterocycles. The number of rotatable bonds is 3. The highest BCUT2D eigenvalue weighted by Gasteiger charge is 2.25. The van der Waals surface area contributed by atoms with Crippen LogP contribution in [-0.4, -0.2) is 11.1 Å². The van der Waals surface area contributed by atoms with E-state index >= 15 is 0 Å². The third-order valence-electron chi connectivity index (χ3n) is 3.86. The minimum absolute atomic E-state index is 0.353. The van der Waals surface area contributed by atoms with Gasteiger partial charge in [0.25, 0.3) is 0 Å². The average Bonchev–Trinajstić information content (AvgIpc) is 2.35. The minimum atomic E-state index is 0.353. The second-order valence-corrected chi connectivity index (χ2v) is 5.20. The number of ether oxygens (including phenoxy) is 1. The van der Waals surface area contributed by atoms with E-state index in [1.165, 1.54) is 6.42 Å². The molecule has 1 aromatic rings. The molecule has 2 N–H and O–H groups in total. The Morgan fingerprint density at radius 2 is 2.12 bits per heavy atom. The minimum Gasteiger partial charge on any atom is -0.489 e. The molecule has 0 amide bonds. The summed E-state index contributed by atoms with van der Waals surface area (Å²) in [5.74, 6) is 2.45. The zero-order chi connectivity index (χ0) is 12.3. The predicted molar refractivity (Wildman–Crippen MR) is 68.7 cm³/mol. The van der Waals surface area contributed by atoms with Crippen molar-refractivity contribution in [2.75, 3.05) is 0 Å². The Labute approximate surface area is 103 Å². The van der Waals surface area contributed by atoms with Gasteiger partial charge in [-0.1, -0.05) is 13.8 Å². The lowest BCUT2D eigenvalue weighted by Crippen LogP contribution is -2.28. The summed E-state index contributed by atoms with van der Waals surface area (Å²) in [6, 6.07) is 3.90. The Morgan fingerprint density at radius 1 is 1.29 bits per heavy atom. The fourth-order valence-electron chi connectivity index (χ4n) is 2.40. The van der Waals surface area contributed by atoms with Gasteiger partial charge in [-0.25, -0.2) is 0 Å². The normalized spacial score (nSPS) is 29.0. The van der Waals surface area contributed by atoms with Gasteiger partial charge in [0.2, 0.25) is 0 Å². The van der Waals surface area contributed by atoms with Crippen molar-refractivity contribution in [3.63, 3.8) is 0 Å². The van der Waals surface area contributed by atoms with Gasteiger partial charge in [0, 0.05) is 6.54 Å². The van der Waals surface area contributed by atoms with Crippen molar-refractivity contribution in [1.82, 2.24) is 4.98 Å². The molecule has 17 heavy (non-hydrogen) atoms. The molecule has 3 unspecified atom stereocenters. The maximum absolute atomic E-state index is 5.97. The molecule has 1 saturated carbocycles. The largest absolute Gasteiger partial charge is 0.489 e. The van der Waals surface area contributed by atoms with Crippen LogP contribution in [0.3, 0.4) is 0 Å². The van der Waals surface area contributed by atoms with E-state index in [0.717, 1.165) is 36.1 Å². The molecule has 0 radical (unpaired) electrons. The van der Waals surface area contributed by atoms with Gasteiger partial charge in [-0.3, -0.25) is 4.98 Å². The molecular weight excluding hydrogens is 212 g/mol. The van der Waals surface area contributed by atoms with Gasteiger partial charge in [-0.05, 0) is 43.2 Å². The maximum Gasteiger partial charge on any atom is 0.138 e. The molecule has 1 heterocycles. The van der Waals surface area contributed by atoms with Gasteiger partial charge < -0.3 is 10.5 Å². The Bertz CT molecular complexity index is 350. The van der Waals surface area contributed by atoms with Crippen molar-refractivity contribution in [2.24, 2.45) is 17.6 Å². The predicted octanol–water partition coefficient (Wildman–Crippen LogP) is 2.74. The van der Waals surface area contributed by atoms with Crippen LogP contribution < -0.4 is 10.5 Å². The molecule has 3 nitrogen and oxygen atoms in total. The zero-order valence-corrected chi connectivity index (χ0v) is 10.7. The number of aromatic nitrogens is 1. The van der Waals surface area contributed by atoms with Gasteiger partial charge in [0.1, 0.15) is 5.75 Å². The third kappa shape index (κ3) is 3.19. The summed E-state index contributed by atoms with van der Waals surface area (Å²) in [5, 5.41) is 0. The number of nitrogens with zero attached hydrogens (tertiary/aromatic N) is 1. The number of hydrogen-bond donors (Lipinski definition) is 1. The highest BCUT2D eigenvalue weighted by molar-refractivity contribution is 5.20. The summed E-state index contributed by atoms with van der Waals surface area (Å²) in [4.78, 5) is 4.25. The van der Waals surface area contributed by atoms with Crippen LogP contribution in [0.4, 0.5) is 0 Å². The van der Waals surface area contributed by atoms with Gasteiger partial charge in [0.05, 0.1) is 18.0 Å². The van der Waals surface area contributed by atoms with Crippen LogP contribution in [0.5, 0.6) is 5.75 Å². The van der Waals surface area contributed by atoms with Crippen molar-refractivity contribution in [2.45, 2.75) is 45.8 Å². The monoisotopic (exact) mass is 234 g/mol.